The van der Waals surface area contributed by atoms with E-state index in [1.54, 1.807) is 53.0 Å². The second kappa shape index (κ2) is 7.91. The van der Waals surface area contributed by atoms with Gasteiger partial charge in [-0.15, -0.1) is 0 Å². The Morgan fingerprint density at radius 3 is 2.46 bits per heavy atom. The summed E-state index contributed by atoms with van der Waals surface area (Å²) in [5, 5.41) is 0. The average Bonchev–Trinajstić information content (AvgIpc) is 3.39. The minimum absolute atomic E-state index is 0.0372. The molecular formula is C20H26O6. The number of esters is 2. The molecule has 1 aromatic carbocycles. The van der Waals surface area contributed by atoms with Crippen molar-refractivity contribution in [3.8, 4) is 11.5 Å². The lowest BCUT2D eigenvalue weighted by atomic mass is 9.97. The Labute approximate surface area is 154 Å². The number of aryl methyl sites for hydroxylation is 1. The summed E-state index contributed by atoms with van der Waals surface area (Å²) >= 11 is 0. The molecule has 1 atom stereocenters. The van der Waals surface area contributed by atoms with E-state index in [0.717, 1.165) is 5.56 Å². The molecule has 26 heavy (non-hydrogen) atoms. The fourth-order valence-corrected chi connectivity index (χ4v) is 2.37. The highest BCUT2D eigenvalue weighted by Crippen LogP contribution is 2.46. The fraction of sp³-hybridized carbons (Fsp3) is 0.500. The molecule has 0 N–H and O–H groups in total. The van der Waals surface area contributed by atoms with Crippen molar-refractivity contribution in [2.45, 2.75) is 40.2 Å². The molecule has 0 spiro atoms. The van der Waals surface area contributed by atoms with Gasteiger partial charge < -0.3 is 18.9 Å². The lowest BCUT2D eigenvalue weighted by Crippen LogP contribution is -2.23. The van der Waals surface area contributed by atoms with Gasteiger partial charge in [-0.2, -0.15) is 0 Å². The molecule has 6 heteroatoms. The van der Waals surface area contributed by atoms with E-state index in [1.165, 1.54) is 0 Å². The molecule has 0 saturated carbocycles. The minimum Gasteiger partial charge on any atom is -0.496 e. The van der Waals surface area contributed by atoms with Crippen LogP contribution in [-0.4, -0.2) is 32.3 Å². The Morgan fingerprint density at radius 1 is 1.31 bits per heavy atom. The average molecular weight is 362 g/mol. The van der Waals surface area contributed by atoms with Crippen LogP contribution in [0.2, 0.25) is 0 Å². The molecule has 1 aliphatic rings. The Bertz CT molecular complexity index is 728. The van der Waals surface area contributed by atoms with Gasteiger partial charge in [-0.25, -0.2) is 4.79 Å². The highest BCUT2D eigenvalue weighted by molar-refractivity contribution is 5.87. The SMILES string of the molecule is CC=C(C)C(=O)OCC1(c2cc(OC)c(C)cc2OC(=O)C(C)C)CO1. The molecular weight excluding hydrogens is 336 g/mol. The summed E-state index contributed by atoms with van der Waals surface area (Å²) in [7, 11) is 1.57. The molecule has 1 saturated heterocycles. The lowest BCUT2D eigenvalue weighted by Gasteiger charge is -2.19. The summed E-state index contributed by atoms with van der Waals surface area (Å²) in [6.07, 6.45) is 1.69. The zero-order chi connectivity index (χ0) is 19.5. The Hall–Kier alpha value is -2.34. The molecule has 1 fully saturated rings. The number of hydrogen-bond donors (Lipinski definition) is 0. The molecule has 0 bridgehead atoms. The van der Waals surface area contributed by atoms with Crippen LogP contribution in [0.4, 0.5) is 0 Å². The van der Waals surface area contributed by atoms with Crippen molar-refractivity contribution in [1.29, 1.82) is 0 Å². The second-order valence-corrected chi connectivity index (χ2v) is 6.72. The van der Waals surface area contributed by atoms with E-state index in [4.69, 9.17) is 18.9 Å². The van der Waals surface area contributed by atoms with Crippen molar-refractivity contribution < 1.29 is 28.5 Å². The van der Waals surface area contributed by atoms with Crippen LogP contribution in [0.25, 0.3) is 0 Å². The third kappa shape index (κ3) is 4.25. The molecule has 1 aromatic rings. The van der Waals surface area contributed by atoms with Crippen LogP contribution in [0.3, 0.4) is 0 Å². The summed E-state index contributed by atoms with van der Waals surface area (Å²) < 4.78 is 21.9. The zero-order valence-corrected chi connectivity index (χ0v) is 16.2. The second-order valence-electron chi connectivity index (χ2n) is 6.72. The molecule has 1 aliphatic heterocycles. The number of ether oxygens (including phenoxy) is 4. The van der Waals surface area contributed by atoms with Crippen LogP contribution in [-0.2, 0) is 24.7 Å². The van der Waals surface area contributed by atoms with Gasteiger partial charge in [-0.1, -0.05) is 19.9 Å². The van der Waals surface area contributed by atoms with Crippen LogP contribution in [0.15, 0.2) is 23.8 Å². The zero-order valence-electron chi connectivity index (χ0n) is 16.2. The van der Waals surface area contributed by atoms with Crippen molar-refractivity contribution in [1.82, 2.24) is 0 Å². The number of epoxide rings is 1. The van der Waals surface area contributed by atoms with Gasteiger partial charge >= 0.3 is 11.9 Å². The summed E-state index contributed by atoms with van der Waals surface area (Å²) in [5.74, 6) is 0.0422. The van der Waals surface area contributed by atoms with Gasteiger partial charge in [0.05, 0.1) is 19.6 Å². The van der Waals surface area contributed by atoms with E-state index in [9.17, 15) is 9.59 Å². The van der Waals surface area contributed by atoms with Crippen molar-refractivity contribution in [3.63, 3.8) is 0 Å². The van der Waals surface area contributed by atoms with Crippen molar-refractivity contribution in [2.75, 3.05) is 20.3 Å². The van der Waals surface area contributed by atoms with Gasteiger partial charge in [-0.05, 0) is 38.5 Å². The first kappa shape index (κ1) is 20.0. The van der Waals surface area contributed by atoms with Crippen LogP contribution in [0, 0.1) is 12.8 Å². The Balaban J connectivity index is 2.33. The first-order valence-electron chi connectivity index (χ1n) is 8.59. The number of methoxy groups -OCH3 is 1. The highest BCUT2D eigenvalue weighted by atomic mass is 16.6. The van der Waals surface area contributed by atoms with Gasteiger partial charge in [-0.3, -0.25) is 4.79 Å². The molecule has 2 rings (SSSR count). The monoisotopic (exact) mass is 362 g/mol. The first-order chi connectivity index (χ1) is 12.2. The maximum atomic E-state index is 12.1. The normalized spacial score (nSPS) is 19.3. The van der Waals surface area contributed by atoms with Gasteiger partial charge in [0.1, 0.15) is 18.1 Å². The molecule has 0 amide bonds. The van der Waals surface area contributed by atoms with E-state index in [1.807, 2.05) is 6.92 Å². The van der Waals surface area contributed by atoms with Crippen molar-refractivity contribution >= 4 is 11.9 Å². The predicted octanol–water partition coefficient (Wildman–Crippen LogP) is 3.30. The molecule has 1 heterocycles. The summed E-state index contributed by atoms with van der Waals surface area (Å²) in [4.78, 5) is 24.0. The minimum atomic E-state index is -0.822. The quantitative estimate of drug-likeness (QED) is 0.321. The van der Waals surface area contributed by atoms with Crippen LogP contribution < -0.4 is 9.47 Å². The van der Waals surface area contributed by atoms with Crippen LogP contribution >= 0.6 is 0 Å². The first-order valence-corrected chi connectivity index (χ1v) is 8.59. The lowest BCUT2D eigenvalue weighted by molar-refractivity contribution is -0.141. The molecule has 0 aromatic heterocycles. The standard InChI is InChI=1S/C20H26O6/c1-7-13(4)19(22)24-10-20(11-25-20)15-9-16(23-6)14(5)8-17(15)26-18(21)12(2)3/h7-9,12H,10-11H2,1-6H3. The van der Waals surface area contributed by atoms with E-state index in [0.29, 0.717) is 29.2 Å². The number of allylic oxidation sites excluding steroid dienone is 1. The summed E-state index contributed by atoms with van der Waals surface area (Å²) in [6, 6.07) is 3.53. The van der Waals surface area contributed by atoms with Gasteiger partial charge in [0.2, 0.25) is 0 Å². The highest BCUT2D eigenvalue weighted by Gasteiger charge is 2.50. The fourth-order valence-electron chi connectivity index (χ4n) is 2.37. The van der Waals surface area contributed by atoms with Crippen molar-refractivity contribution in [3.05, 3.63) is 34.9 Å². The summed E-state index contributed by atoms with van der Waals surface area (Å²) in [6.45, 7) is 9.27. The van der Waals surface area contributed by atoms with Gasteiger partial charge in [0, 0.05) is 11.1 Å². The molecule has 142 valence electrons. The topological polar surface area (TPSA) is 74.4 Å². The molecule has 6 nitrogen and oxygen atoms in total. The third-order valence-corrected chi connectivity index (χ3v) is 4.35. The van der Waals surface area contributed by atoms with Crippen molar-refractivity contribution in [2.24, 2.45) is 5.92 Å². The molecule has 0 radical (unpaired) electrons. The number of benzene rings is 1. The van der Waals surface area contributed by atoms with Crippen LogP contribution in [0.5, 0.6) is 11.5 Å². The molecule has 1 unspecified atom stereocenters. The van der Waals surface area contributed by atoms with Crippen LogP contribution in [0.1, 0.15) is 38.8 Å². The van der Waals surface area contributed by atoms with E-state index in [2.05, 4.69) is 0 Å². The smallest absolute Gasteiger partial charge is 0.333 e. The predicted molar refractivity (Wildman–Crippen MR) is 96.2 cm³/mol. The number of carbonyl (C=O) groups excluding carboxylic acids is 2. The largest absolute Gasteiger partial charge is 0.496 e. The molecule has 0 aliphatic carbocycles. The number of rotatable bonds is 7. The van der Waals surface area contributed by atoms with Gasteiger partial charge in [0.15, 0.2) is 5.60 Å². The van der Waals surface area contributed by atoms with E-state index < -0.39 is 11.6 Å². The number of carbonyl (C=O) groups is 2. The maximum Gasteiger partial charge on any atom is 0.333 e. The third-order valence-electron chi connectivity index (χ3n) is 4.35. The van der Waals surface area contributed by atoms with E-state index >= 15 is 0 Å². The summed E-state index contributed by atoms with van der Waals surface area (Å²) in [5.41, 5.74) is 1.17. The van der Waals surface area contributed by atoms with E-state index in [-0.39, 0.29) is 18.5 Å². The Kier molecular flexibility index (Phi) is 6.08. The Morgan fingerprint density at radius 2 is 1.96 bits per heavy atom. The van der Waals surface area contributed by atoms with Gasteiger partial charge in [0.25, 0.3) is 0 Å². The maximum absolute atomic E-state index is 12.1. The number of hydrogen-bond acceptors (Lipinski definition) is 6.